The van der Waals surface area contributed by atoms with Crippen molar-refractivity contribution in [2.75, 3.05) is 7.11 Å². The van der Waals surface area contributed by atoms with E-state index in [1.165, 1.54) is 19.2 Å². The molecular weight excluding hydrogens is 362 g/mol. The number of benzene rings is 2. The van der Waals surface area contributed by atoms with Crippen LogP contribution in [0, 0.1) is 10.1 Å². The molecule has 0 unspecified atom stereocenters. The van der Waals surface area contributed by atoms with Gasteiger partial charge in [0.05, 0.1) is 18.1 Å². The highest BCUT2D eigenvalue weighted by Crippen LogP contribution is 2.31. The van der Waals surface area contributed by atoms with E-state index < -0.39 is 4.92 Å². The van der Waals surface area contributed by atoms with Gasteiger partial charge in [0, 0.05) is 15.1 Å². The highest BCUT2D eigenvalue weighted by molar-refractivity contribution is 9.10. The van der Waals surface area contributed by atoms with Crippen molar-refractivity contribution >= 4 is 33.2 Å². The van der Waals surface area contributed by atoms with Gasteiger partial charge in [-0.3, -0.25) is 10.1 Å². The number of nitrogens with zero attached hydrogens (tertiary/aromatic N) is 1. The van der Waals surface area contributed by atoms with Gasteiger partial charge in [-0.15, -0.1) is 0 Å². The lowest BCUT2D eigenvalue weighted by atomic mass is 10.2. The maximum Gasteiger partial charge on any atom is 0.314 e. The Hall–Kier alpha value is -1.79. The lowest BCUT2D eigenvalue weighted by molar-refractivity contribution is -0.385. The summed E-state index contributed by atoms with van der Waals surface area (Å²) in [5.41, 5.74) is 0.648. The third-order valence-electron chi connectivity index (χ3n) is 2.76. The molecule has 0 spiro atoms. The second-order valence-electron chi connectivity index (χ2n) is 4.12. The van der Waals surface area contributed by atoms with Crippen LogP contribution >= 0.6 is 27.5 Å². The topological polar surface area (TPSA) is 61.6 Å². The highest BCUT2D eigenvalue weighted by atomic mass is 79.9. The Bertz CT molecular complexity index is 678. The molecule has 0 aromatic heterocycles. The molecular formula is C14H11BrClNO4. The first kappa shape index (κ1) is 15.6. The van der Waals surface area contributed by atoms with E-state index in [1.807, 2.05) is 12.1 Å². The van der Waals surface area contributed by atoms with Gasteiger partial charge in [0.2, 0.25) is 0 Å². The van der Waals surface area contributed by atoms with Gasteiger partial charge in [-0.1, -0.05) is 33.6 Å². The second kappa shape index (κ2) is 6.78. The lowest BCUT2D eigenvalue weighted by Crippen LogP contribution is -1.98. The van der Waals surface area contributed by atoms with Gasteiger partial charge in [-0.2, -0.15) is 0 Å². The number of rotatable bonds is 5. The minimum absolute atomic E-state index is 0.142. The molecule has 0 heterocycles. The van der Waals surface area contributed by atoms with Gasteiger partial charge < -0.3 is 9.47 Å². The van der Waals surface area contributed by atoms with Crippen LogP contribution in [0.15, 0.2) is 40.9 Å². The van der Waals surface area contributed by atoms with E-state index in [0.29, 0.717) is 10.8 Å². The zero-order valence-electron chi connectivity index (χ0n) is 11.0. The maximum absolute atomic E-state index is 10.9. The van der Waals surface area contributed by atoms with Crippen molar-refractivity contribution in [3.8, 4) is 11.5 Å². The Morgan fingerprint density at radius 1 is 1.29 bits per heavy atom. The van der Waals surface area contributed by atoms with E-state index in [4.69, 9.17) is 21.1 Å². The number of hydrogen-bond acceptors (Lipinski definition) is 4. The van der Waals surface area contributed by atoms with Gasteiger partial charge >= 0.3 is 5.69 Å². The van der Waals surface area contributed by atoms with Gasteiger partial charge in [-0.05, 0) is 24.3 Å². The van der Waals surface area contributed by atoms with Crippen LogP contribution in [-0.2, 0) is 6.61 Å². The molecule has 0 radical (unpaired) electrons. The lowest BCUT2D eigenvalue weighted by Gasteiger charge is -2.09. The smallest absolute Gasteiger partial charge is 0.314 e. The molecule has 0 bridgehead atoms. The number of methoxy groups -OCH3 is 1. The largest absolute Gasteiger partial charge is 0.490 e. The van der Waals surface area contributed by atoms with E-state index in [-0.39, 0.29) is 18.0 Å². The number of hydrogen-bond donors (Lipinski definition) is 0. The summed E-state index contributed by atoms with van der Waals surface area (Å²) in [4.78, 5) is 10.4. The average Bonchev–Trinajstić information content (AvgIpc) is 2.46. The first-order valence-electron chi connectivity index (χ1n) is 5.90. The van der Waals surface area contributed by atoms with E-state index in [9.17, 15) is 10.1 Å². The first-order chi connectivity index (χ1) is 10.0. The van der Waals surface area contributed by atoms with Crippen LogP contribution in [0.4, 0.5) is 5.69 Å². The molecule has 0 atom stereocenters. The van der Waals surface area contributed by atoms with Crippen molar-refractivity contribution in [3.05, 3.63) is 61.6 Å². The fraction of sp³-hybridized carbons (Fsp3) is 0.143. The number of ether oxygens (including phenoxy) is 2. The summed E-state index contributed by atoms with van der Waals surface area (Å²) < 4.78 is 11.3. The Morgan fingerprint density at radius 3 is 2.67 bits per heavy atom. The fourth-order valence-electron chi connectivity index (χ4n) is 1.70. The molecule has 0 N–H and O–H groups in total. The van der Waals surface area contributed by atoms with Crippen molar-refractivity contribution in [1.82, 2.24) is 0 Å². The Balaban J connectivity index is 2.16. The van der Waals surface area contributed by atoms with E-state index in [2.05, 4.69) is 15.9 Å². The van der Waals surface area contributed by atoms with Crippen molar-refractivity contribution in [2.45, 2.75) is 6.61 Å². The summed E-state index contributed by atoms with van der Waals surface area (Å²) in [5.74, 6) is 0.565. The van der Waals surface area contributed by atoms with Gasteiger partial charge in [0.15, 0.2) is 5.75 Å². The maximum atomic E-state index is 10.9. The minimum Gasteiger partial charge on any atom is -0.490 e. The minimum atomic E-state index is -0.516. The highest BCUT2D eigenvalue weighted by Gasteiger charge is 2.16. The molecule has 7 heteroatoms. The van der Waals surface area contributed by atoms with Crippen LogP contribution in [0.25, 0.3) is 0 Å². The zero-order valence-corrected chi connectivity index (χ0v) is 13.3. The molecule has 0 aliphatic rings. The van der Waals surface area contributed by atoms with Crippen molar-refractivity contribution in [1.29, 1.82) is 0 Å². The molecule has 21 heavy (non-hydrogen) atoms. The van der Waals surface area contributed by atoms with Crippen molar-refractivity contribution < 1.29 is 14.4 Å². The molecule has 0 saturated carbocycles. The molecule has 0 saturated heterocycles. The predicted octanol–water partition coefficient (Wildman–Crippen LogP) is 4.60. The van der Waals surface area contributed by atoms with Crippen LogP contribution in [0.1, 0.15) is 5.56 Å². The standard InChI is InChI=1S/C14H11BrClNO4/c1-20-14-5-4-11(7-13(14)17(18)19)21-8-9-2-3-10(15)6-12(9)16/h2-7H,8H2,1H3. The van der Waals surface area contributed by atoms with Crippen LogP contribution < -0.4 is 9.47 Å². The van der Waals surface area contributed by atoms with Crippen LogP contribution in [0.2, 0.25) is 5.02 Å². The quantitative estimate of drug-likeness (QED) is 0.568. The fourth-order valence-corrected chi connectivity index (χ4v) is 2.43. The molecule has 5 nitrogen and oxygen atoms in total. The van der Waals surface area contributed by atoms with Gasteiger partial charge in [-0.25, -0.2) is 0 Å². The number of nitro groups is 1. The summed E-state index contributed by atoms with van der Waals surface area (Å²) in [6.07, 6.45) is 0. The van der Waals surface area contributed by atoms with E-state index in [0.717, 1.165) is 10.0 Å². The van der Waals surface area contributed by atoms with Gasteiger partial charge in [0.25, 0.3) is 0 Å². The molecule has 0 amide bonds. The Kier molecular flexibility index (Phi) is 5.03. The zero-order chi connectivity index (χ0) is 15.4. The van der Waals surface area contributed by atoms with Crippen LogP contribution in [-0.4, -0.2) is 12.0 Å². The summed E-state index contributed by atoms with van der Waals surface area (Å²) >= 11 is 9.41. The predicted molar refractivity (Wildman–Crippen MR) is 83.1 cm³/mol. The number of nitro benzene ring substituents is 1. The second-order valence-corrected chi connectivity index (χ2v) is 5.44. The first-order valence-corrected chi connectivity index (χ1v) is 7.07. The van der Waals surface area contributed by atoms with Gasteiger partial charge in [0.1, 0.15) is 12.4 Å². The van der Waals surface area contributed by atoms with Crippen molar-refractivity contribution in [3.63, 3.8) is 0 Å². The Morgan fingerprint density at radius 2 is 2.05 bits per heavy atom. The van der Waals surface area contributed by atoms with Crippen molar-refractivity contribution in [2.24, 2.45) is 0 Å². The van der Waals surface area contributed by atoms with Crippen LogP contribution in [0.5, 0.6) is 11.5 Å². The summed E-state index contributed by atoms with van der Waals surface area (Å²) in [7, 11) is 1.38. The molecule has 2 rings (SSSR count). The molecule has 2 aromatic carbocycles. The summed E-state index contributed by atoms with van der Waals surface area (Å²) in [6.45, 7) is 0.218. The molecule has 0 aliphatic carbocycles. The normalized spacial score (nSPS) is 10.2. The SMILES string of the molecule is COc1ccc(OCc2ccc(Br)cc2Cl)cc1[N+](=O)[O-]. The summed E-state index contributed by atoms with van der Waals surface area (Å²) in [6, 6.07) is 9.86. The monoisotopic (exact) mass is 371 g/mol. The van der Waals surface area contributed by atoms with Crippen LogP contribution in [0.3, 0.4) is 0 Å². The van der Waals surface area contributed by atoms with E-state index >= 15 is 0 Å². The third-order valence-corrected chi connectivity index (χ3v) is 3.60. The molecule has 0 fully saturated rings. The molecule has 2 aromatic rings. The van der Waals surface area contributed by atoms with E-state index in [1.54, 1.807) is 12.1 Å². The Labute approximate surface area is 134 Å². The molecule has 110 valence electrons. The average molecular weight is 373 g/mol. The number of halogens is 2. The summed E-state index contributed by atoms with van der Waals surface area (Å²) in [5, 5.41) is 11.5. The molecule has 0 aliphatic heterocycles. The third kappa shape index (κ3) is 3.86.